The molecule has 11 aromatic rings. The summed E-state index contributed by atoms with van der Waals surface area (Å²) in [5, 5.41) is 6.07. The van der Waals surface area contributed by atoms with Gasteiger partial charge in [0.05, 0.1) is 27.6 Å². The van der Waals surface area contributed by atoms with Gasteiger partial charge in [0.1, 0.15) is 0 Å². The molecule has 4 heteroatoms. The van der Waals surface area contributed by atoms with Gasteiger partial charge in [-0.05, 0) is 140 Å². The van der Waals surface area contributed by atoms with E-state index in [9.17, 15) is 0 Å². The standard InChI is InChI=1S/C51H32BrN3/c52-40-29-39-25-33(20-23-47(39)53-32-40)36-26-37(34-21-24-50-46(30-34)44-16-8-10-18-49(44)54(50)41-11-3-1-4-12-41)28-38(27-36)35-19-22-45-43-15-7-9-17-48(43)55(51(45)31-35)42-13-5-2-6-14-42/h1-32H. The number of nitrogens with zero attached hydrogens (tertiary/aromatic N) is 3. The fraction of sp³-hybridized carbons (Fsp3) is 0. The van der Waals surface area contributed by atoms with Crippen molar-refractivity contribution >= 4 is 70.4 Å². The first-order chi connectivity index (χ1) is 27.2. The van der Waals surface area contributed by atoms with E-state index < -0.39 is 0 Å². The highest BCUT2D eigenvalue weighted by molar-refractivity contribution is 9.10. The maximum absolute atomic E-state index is 4.65. The summed E-state index contributed by atoms with van der Waals surface area (Å²) in [5.41, 5.74) is 15.1. The van der Waals surface area contributed by atoms with E-state index in [-0.39, 0.29) is 0 Å². The number of halogens is 1. The molecule has 0 unspecified atom stereocenters. The molecular weight excluding hydrogens is 734 g/mol. The smallest absolute Gasteiger partial charge is 0.0703 e. The van der Waals surface area contributed by atoms with Gasteiger partial charge in [0, 0.05) is 49.0 Å². The van der Waals surface area contributed by atoms with Crippen molar-refractivity contribution in [2.45, 2.75) is 0 Å². The van der Waals surface area contributed by atoms with Crippen molar-refractivity contribution in [3.05, 3.63) is 199 Å². The van der Waals surface area contributed by atoms with Crippen LogP contribution in [-0.4, -0.2) is 14.1 Å². The van der Waals surface area contributed by atoms with Gasteiger partial charge in [-0.15, -0.1) is 0 Å². The van der Waals surface area contributed by atoms with Crippen molar-refractivity contribution in [1.82, 2.24) is 14.1 Å². The highest BCUT2D eigenvalue weighted by atomic mass is 79.9. The van der Waals surface area contributed by atoms with Gasteiger partial charge in [0.2, 0.25) is 0 Å². The Labute approximate surface area is 326 Å². The average Bonchev–Trinajstić information content (AvgIpc) is 3.76. The number of aromatic nitrogens is 3. The molecule has 11 rings (SSSR count). The minimum absolute atomic E-state index is 0.969. The molecule has 0 aliphatic carbocycles. The molecule has 0 spiro atoms. The van der Waals surface area contributed by atoms with E-state index in [2.05, 4.69) is 218 Å². The van der Waals surface area contributed by atoms with E-state index in [4.69, 9.17) is 0 Å². The van der Waals surface area contributed by atoms with Gasteiger partial charge in [-0.3, -0.25) is 4.98 Å². The molecule has 0 amide bonds. The zero-order valence-electron chi connectivity index (χ0n) is 29.7. The highest BCUT2D eigenvalue weighted by Gasteiger charge is 2.17. The van der Waals surface area contributed by atoms with Crippen LogP contribution in [0.25, 0.3) is 99.3 Å². The fourth-order valence-corrected chi connectivity index (χ4v) is 8.77. The maximum atomic E-state index is 4.65. The third-order valence-electron chi connectivity index (χ3n) is 11.0. The monoisotopic (exact) mass is 765 g/mol. The van der Waals surface area contributed by atoms with Crippen molar-refractivity contribution in [2.75, 3.05) is 0 Å². The second-order valence-corrected chi connectivity index (χ2v) is 15.1. The Bertz CT molecular complexity index is 3270. The third kappa shape index (κ3) is 5.29. The number of pyridine rings is 1. The molecule has 0 aliphatic rings. The molecule has 0 bridgehead atoms. The van der Waals surface area contributed by atoms with Crippen LogP contribution < -0.4 is 0 Å². The van der Waals surface area contributed by atoms with Gasteiger partial charge in [0.25, 0.3) is 0 Å². The Morgan fingerprint density at radius 1 is 0.345 bits per heavy atom. The molecule has 0 atom stereocenters. The minimum atomic E-state index is 0.969. The number of hydrogen-bond acceptors (Lipinski definition) is 1. The number of hydrogen-bond donors (Lipinski definition) is 0. The van der Waals surface area contributed by atoms with E-state index in [1.807, 2.05) is 6.20 Å². The van der Waals surface area contributed by atoms with Gasteiger partial charge in [-0.1, -0.05) is 97.1 Å². The Morgan fingerprint density at radius 3 is 1.51 bits per heavy atom. The molecule has 0 radical (unpaired) electrons. The predicted molar refractivity (Wildman–Crippen MR) is 234 cm³/mol. The molecular formula is C51H32BrN3. The summed E-state index contributed by atoms with van der Waals surface area (Å²) in [5.74, 6) is 0. The molecule has 3 heterocycles. The SMILES string of the molecule is Brc1cnc2ccc(-c3cc(-c4ccc5c(c4)c4ccccc4n5-c4ccccc4)cc(-c4ccc5c6ccccc6n(-c6ccccc6)c5c4)c3)cc2c1. The fourth-order valence-electron chi connectivity index (χ4n) is 8.42. The molecule has 258 valence electrons. The summed E-state index contributed by atoms with van der Waals surface area (Å²) in [6.07, 6.45) is 1.86. The zero-order chi connectivity index (χ0) is 36.5. The number of para-hydroxylation sites is 4. The molecule has 0 saturated heterocycles. The largest absolute Gasteiger partial charge is 0.309 e. The first kappa shape index (κ1) is 31.7. The lowest BCUT2D eigenvalue weighted by Crippen LogP contribution is -1.93. The molecule has 55 heavy (non-hydrogen) atoms. The lowest BCUT2D eigenvalue weighted by atomic mass is 9.92. The van der Waals surface area contributed by atoms with Gasteiger partial charge >= 0.3 is 0 Å². The Morgan fingerprint density at radius 2 is 0.836 bits per heavy atom. The van der Waals surface area contributed by atoms with Crippen LogP contribution >= 0.6 is 15.9 Å². The summed E-state index contributed by atoms with van der Waals surface area (Å²) in [6.45, 7) is 0. The maximum Gasteiger partial charge on any atom is 0.0703 e. The third-order valence-corrected chi connectivity index (χ3v) is 11.4. The lowest BCUT2D eigenvalue weighted by Gasteiger charge is -2.13. The lowest BCUT2D eigenvalue weighted by molar-refractivity contribution is 1.18. The number of rotatable bonds is 5. The van der Waals surface area contributed by atoms with Crippen molar-refractivity contribution in [2.24, 2.45) is 0 Å². The highest BCUT2D eigenvalue weighted by Crippen LogP contribution is 2.40. The quantitative estimate of drug-likeness (QED) is 0.171. The molecule has 0 saturated carbocycles. The van der Waals surface area contributed by atoms with E-state index in [1.54, 1.807) is 0 Å². The minimum Gasteiger partial charge on any atom is -0.309 e. The van der Waals surface area contributed by atoms with Crippen LogP contribution in [0.1, 0.15) is 0 Å². The van der Waals surface area contributed by atoms with E-state index in [0.29, 0.717) is 0 Å². The summed E-state index contributed by atoms with van der Waals surface area (Å²) >= 11 is 3.64. The first-order valence-corrected chi connectivity index (χ1v) is 19.3. The van der Waals surface area contributed by atoms with E-state index in [0.717, 1.165) is 37.9 Å². The predicted octanol–water partition coefficient (Wildman–Crippen LogP) is 14.2. The van der Waals surface area contributed by atoms with Crippen molar-refractivity contribution in [1.29, 1.82) is 0 Å². The van der Waals surface area contributed by atoms with Crippen LogP contribution in [0.3, 0.4) is 0 Å². The van der Waals surface area contributed by atoms with Gasteiger partial charge in [0.15, 0.2) is 0 Å². The van der Waals surface area contributed by atoms with Crippen LogP contribution in [0.15, 0.2) is 199 Å². The van der Waals surface area contributed by atoms with Crippen LogP contribution in [0.4, 0.5) is 0 Å². The summed E-state index contributed by atoms with van der Waals surface area (Å²) in [7, 11) is 0. The molecule has 3 nitrogen and oxygen atoms in total. The van der Waals surface area contributed by atoms with Crippen LogP contribution in [-0.2, 0) is 0 Å². The van der Waals surface area contributed by atoms with Crippen LogP contribution in [0.2, 0.25) is 0 Å². The van der Waals surface area contributed by atoms with Crippen molar-refractivity contribution in [3.63, 3.8) is 0 Å². The molecule has 0 aliphatic heterocycles. The first-order valence-electron chi connectivity index (χ1n) is 18.6. The van der Waals surface area contributed by atoms with Gasteiger partial charge in [-0.25, -0.2) is 0 Å². The molecule has 0 fully saturated rings. The zero-order valence-corrected chi connectivity index (χ0v) is 31.3. The van der Waals surface area contributed by atoms with Gasteiger partial charge in [-0.2, -0.15) is 0 Å². The van der Waals surface area contributed by atoms with E-state index in [1.165, 1.54) is 65.9 Å². The van der Waals surface area contributed by atoms with Gasteiger partial charge < -0.3 is 9.13 Å². The Kier molecular flexibility index (Phi) is 7.32. The van der Waals surface area contributed by atoms with Crippen LogP contribution in [0.5, 0.6) is 0 Å². The van der Waals surface area contributed by atoms with Crippen LogP contribution in [0, 0.1) is 0 Å². The summed E-state index contributed by atoms with van der Waals surface area (Å²) in [6, 6.07) is 68.4. The second-order valence-electron chi connectivity index (χ2n) is 14.2. The average molecular weight is 767 g/mol. The second kappa shape index (κ2) is 12.7. The van der Waals surface area contributed by atoms with Crippen molar-refractivity contribution < 1.29 is 0 Å². The van der Waals surface area contributed by atoms with Crippen molar-refractivity contribution in [3.8, 4) is 44.8 Å². The molecule has 0 N–H and O–H groups in total. The van der Waals surface area contributed by atoms with E-state index >= 15 is 0 Å². The molecule has 8 aromatic carbocycles. The number of benzene rings is 8. The summed E-state index contributed by atoms with van der Waals surface area (Å²) in [4.78, 5) is 4.65. The Hall–Kier alpha value is -6.75. The topological polar surface area (TPSA) is 22.8 Å². The number of fused-ring (bicyclic) bond motifs is 7. The summed E-state index contributed by atoms with van der Waals surface area (Å²) < 4.78 is 5.74. The Balaban J connectivity index is 1.15. The molecule has 3 aromatic heterocycles. The normalized spacial score (nSPS) is 11.7.